The Labute approximate surface area is 187 Å². The average Bonchev–Trinajstić information content (AvgIpc) is 3.21. The number of hydroxylamine groups is 2. The summed E-state index contributed by atoms with van der Waals surface area (Å²) >= 11 is 0. The van der Waals surface area contributed by atoms with Gasteiger partial charge in [0.05, 0.1) is 9.79 Å². The summed E-state index contributed by atoms with van der Waals surface area (Å²) in [4.78, 5) is 38.7. The first kappa shape index (κ1) is 22.8. The van der Waals surface area contributed by atoms with E-state index < -0.39 is 60.5 Å². The number of nitrogens with zero attached hydrogens (tertiary/aromatic N) is 1. The molecule has 1 saturated heterocycles. The molecular formula is C19H13NO11S2-2. The number of hydrogen-bond donors (Lipinski definition) is 0. The third-order valence-electron chi connectivity index (χ3n) is 5.20. The van der Waals surface area contributed by atoms with Crippen molar-refractivity contribution in [1.82, 2.24) is 5.06 Å². The van der Waals surface area contributed by atoms with Gasteiger partial charge in [0.25, 0.3) is 11.8 Å². The van der Waals surface area contributed by atoms with Gasteiger partial charge in [0.1, 0.15) is 26.8 Å². The van der Waals surface area contributed by atoms with E-state index in [1.807, 2.05) is 0 Å². The Hall–Kier alpha value is -3.33. The van der Waals surface area contributed by atoms with Crippen LogP contribution in [0.4, 0.5) is 4.79 Å². The number of carbonyl (C=O) groups excluding carboxylic acids is 3. The second kappa shape index (κ2) is 7.91. The summed E-state index contributed by atoms with van der Waals surface area (Å²) < 4.78 is 73.8. The molecule has 12 nitrogen and oxygen atoms in total. The van der Waals surface area contributed by atoms with Gasteiger partial charge in [0.15, 0.2) is 0 Å². The highest BCUT2D eigenvalue weighted by Crippen LogP contribution is 2.46. The molecule has 2 aliphatic rings. The predicted octanol–water partition coefficient (Wildman–Crippen LogP) is 0.824. The minimum absolute atomic E-state index is 0.131. The lowest BCUT2D eigenvalue weighted by Crippen LogP contribution is -2.32. The first-order valence-electron chi connectivity index (χ1n) is 9.27. The minimum Gasteiger partial charge on any atom is -0.744 e. The van der Waals surface area contributed by atoms with E-state index in [4.69, 9.17) is 4.74 Å². The van der Waals surface area contributed by atoms with Crippen molar-refractivity contribution in [2.24, 2.45) is 0 Å². The number of fused-ring (bicyclic) bond motifs is 3. The second-order valence-electron chi connectivity index (χ2n) is 7.19. The molecule has 14 heteroatoms. The van der Waals surface area contributed by atoms with Crippen LogP contribution in [0.25, 0.3) is 11.1 Å². The smallest absolute Gasteiger partial charge is 0.533 e. The van der Waals surface area contributed by atoms with Gasteiger partial charge < -0.3 is 13.8 Å². The summed E-state index contributed by atoms with van der Waals surface area (Å²) in [5.74, 6) is -2.44. The number of ether oxygens (including phenoxy) is 1. The predicted molar refractivity (Wildman–Crippen MR) is 103 cm³/mol. The number of imide groups is 1. The van der Waals surface area contributed by atoms with Crippen LogP contribution in [0.2, 0.25) is 0 Å². The van der Waals surface area contributed by atoms with Crippen LogP contribution in [0.3, 0.4) is 0 Å². The summed E-state index contributed by atoms with van der Waals surface area (Å²) in [5, 5.41) is 0.267. The van der Waals surface area contributed by atoms with Crippen molar-refractivity contribution in [1.29, 1.82) is 0 Å². The normalized spacial score (nSPS) is 16.0. The summed E-state index contributed by atoms with van der Waals surface area (Å²) in [6.45, 7) is -0.542. The quantitative estimate of drug-likeness (QED) is 0.324. The molecule has 0 N–H and O–H groups in total. The first-order valence-corrected chi connectivity index (χ1v) is 12.1. The van der Waals surface area contributed by atoms with E-state index in [0.717, 1.165) is 24.3 Å². The van der Waals surface area contributed by atoms with Crippen molar-refractivity contribution in [3.05, 3.63) is 47.5 Å². The van der Waals surface area contributed by atoms with Crippen LogP contribution in [0.15, 0.2) is 46.2 Å². The maximum atomic E-state index is 12.0. The Kier molecular flexibility index (Phi) is 5.48. The molecule has 0 saturated carbocycles. The van der Waals surface area contributed by atoms with E-state index in [9.17, 15) is 40.3 Å². The molecule has 2 aromatic carbocycles. The Morgan fingerprint density at radius 3 is 1.76 bits per heavy atom. The number of amides is 2. The fourth-order valence-electron chi connectivity index (χ4n) is 3.72. The molecule has 0 unspecified atom stereocenters. The number of hydrogen-bond acceptors (Lipinski definition) is 11. The van der Waals surface area contributed by atoms with E-state index in [0.29, 0.717) is 11.1 Å². The van der Waals surface area contributed by atoms with E-state index >= 15 is 0 Å². The minimum atomic E-state index is -4.84. The van der Waals surface area contributed by atoms with Gasteiger partial charge >= 0.3 is 6.16 Å². The number of carbonyl (C=O) groups is 3. The molecule has 0 aromatic heterocycles. The summed E-state index contributed by atoms with van der Waals surface area (Å²) in [6, 6.07) is 6.96. The van der Waals surface area contributed by atoms with Crippen LogP contribution in [0.5, 0.6) is 0 Å². The lowest BCUT2D eigenvalue weighted by atomic mass is 9.98. The zero-order valence-electron chi connectivity index (χ0n) is 16.4. The van der Waals surface area contributed by atoms with Gasteiger partial charge in [0, 0.05) is 18.8 Å². The Balaban J connectivity index is 1.68. The third-order valence-corrected chi connectivity index (χ3v) is 6.87. The van der Waals surface area contributed by atoms with Crippen LogP contribution >= 0.6 is 0 Å². The molecule has 33 heavy (non-hydrogen) atoms. The summed E-state index contributed by atoms with van der Waals surface area (Å²) in [6.07, 6.45) is -1.67. The highest BCUT2D eigenvalue weighted by atomic mass is 32.2. The molecule has 0 radical (unpaired) electrons. The molecule has 1 aliphatic carbocycles. The van der Waals surface area contributed by atoms with Crippen molar-refractivity contribution < 1.29 is 49.9 Å². The van der Waals surface area contributed by atoms with Gasteiger partial charge in [-0.15, -0.1) is 0 Å². The molecule has 1 heterocycles. The van der Waals surface area contributed by atoms with Gasteiger partial charge in [0.2, 0.25) is 0 Å². The molecule has 1 fully saturated rings. The zero-order valence-corrected chi connectivity index (χ0v) is 18.1. The molecule has 2 aromatic rings. The van der Waals surface area contributed by atoms with Crippen molar-refractivity contribution in [3.63, 3.8) is 0 Å². The van der Waals surface area contributed by atoms with Crippen molar-refractivity contribution in [3.8, 4) is 11.1 Å². The molecule has 0 atom stereocenters. The Morgan fingerprint density at radius 1 is 0.879 bits per heavy atom. The van der Waals surface area contributed by atoms with E-state index in [-0.39, 0.29) is 29.0 Å². The van der Waals surface area contributed by atoms with Crippen molar-refractivity contribution in [2.75, 3.05) is 6.61 Å². The number of rotatable bonds is 5. The summed E-state index contributed by atoms with van der Waals surface area (Å²) in [7, 11) is -9.67. The highest BCUT2D eigenvalue weighted by molar-refractivity contribution is 7.86. The standard InChI is InChI=1S/C19H15NO11S2/c21-17-5-6-18(22)20(17)31-19(23)30-9-16-14-7-10(32(24,25)26)1-3-12(14)13-4-2-11(8-15(13)16)33(27,28)29/h1-4,7-8,16H,5-6,9H2,(H,24,25,26)(H,27,28,29)/p-2. The van der Waals surface area contributed by atoms with E-state index in [1.54, 1.807) is 0 Å². The monoisotopic (exact) mass is 495 g/mol. The first-order chi connectivity index (χ1) is 15.4. The SMILES string of the molecule is O=C(OCC1c2cc(S(=O)(=O)[O-])ccc2-c2ccc(S(=O)(=O)[O-])cc21)ON1C(=O)CCC1=O. The molecule has 174 valence electrons. The van der Waals surface area contributed by atoms with Crippen LogP contribution in [-0.4, -0.2) is 55.6 Å². The van der Waals surface area contributed by atoms with Crippen molar-refractivity contribution in [2.45, 2.75) is 28.6 Å². The number of benzene rings is 2. The van der Waals surface area contributed by atoms with Crippen molar-refractivity contribution >= 4 is 38.2 Å². The molecule has 0 bridgehead atoms. The molecular weight excluding hydrogens is 482 g/mol. The Morgan fingerprint density at radius 2 is 1.33 bits per heavy atom. The van der Waals surface area contributed by atoms with Crippen LogP contribution < -0.4 is 0 Å². The van der Waals surface area contributed by atoms with E-state index in [1.165, 1.54) is 12.1 Å². The molecule has 1 aliphatic heterocycles. The van der Waals surface area contributed by atoms with Gasteiger partial charge in [-0.05, 0) is 46.5 Å². The van der Waals surface area contributed by atoms with Gasteiger partial charge in [-0.25, -0.2) is 21.6 Å². The fourth-order valence-corrected chi connectivity index (χ4v) is 4.73. The van der Waals surface area contributed by atoms with E-state index in [2.05, 4.69) is 4.84 Å². The fraction of sp³-hybridized carbons (Fsp3) is 0.211. The average molecular weight is 495 g/mol. The lowest BCUT2D eigenvalue weighted by Gasteiger charge is -2.17. The third kappa shape index (κ3) is 4.32. The second-order valence-corrected chi connectivity index (χ2v) is 9.95. The van der Waals surface area contributed by atoms with Gasteiger partial charge in [-0.2, -0.15) is 0 Å². The Bertz CT molecular complexity index is 1320. The largest absolute Gasteiger partial charge is 0.744 e. The zero-order chi connectivity index (χ0) is 24.1. The van der Waals surface area contributed by atoms with Gasteiger partial charge in [-0.3, -0.25) is 14.4 Å². The maximum Gasteiger partial charge on any atom is 0.533 e. The van der Waals surface area contributed by atoms with Crippen LogP contribution in [0, 0.1) is 0 Å². The lowest BCUT2D eigenvalue weighted by molar-refractivity contribution is -0.177. The topological polar surface area (TPSA) is 187 Å². The van der Waals surface area contributed by atoms with Crippen LogP contribution in [-0.2, 0) is 39.4 Å². The maximum absolute atomic E-state index is 12.0. The molecule has 2 amide bonds. The summed E-state index contributed by atoms with van der Waals surface area (Å²) in [5.41, 5.74) is 1.31. The molecule has 4 rings (SSSR count). The van der Waals surface area contributed by atoms with Crippen LogP contribution in [0.1, 0.15) is 29.9 Å². The molecule has 0 spiro atoms. The highest BCUT2D eigenvalue weighted by Gasteiger charge is 2.35. The van der Waals surface area contributed by atoms with Gasteiger partial charge in [-0.1, -0.05) is 17.2 Å².